The number of hydrogen-bond donors (Lipinski definition) is 1. The van der Waals surface area contributed by atoms with Crippen LogP contribution in [0.25, 0.3) is 0 Å². The Balaban J connectivity index is 0.00000144. The summed E-state index contributed by atoms with van der Waals surface area (Å²) >= 11 is 0. The molecule has 2 heterocycles. The van der Waals surface area contributed by atoms with Crippen molar-refractivity contribution in [2.24, 2.45) is 0 Å². The molecule has 0 amide bonds. The van der Waals surface area contributed by atoms with Gasteiger partial charge in [-0.15, -0.1) is 12.4 Å². The van der Waals surface area contributed by atoms with Crippen molar-refractivity contribution in [3.05, 3.63) is 28.4 Å². The predicted molar refractivity (Wildman–Crippen MR) is 64.7 cm³/mol. The summed E-state index contributed by atoms with van der Waals surface area (Å²) in [6.07, 6.45) is 3.40. The molecule has 6 nitrogen and oxygen atoms in total. The quantitative estimate of drug-likeness (QED) is 0.658. The van der Waals surface area contributed by atoms with Crippen molar-refractivity contribution in [1.82, 2.24) is 10.3 Å². The van der Waals surface area contributed by atoms with Crippen molar-refractivity contribution in [2.75, 3.05) is 13.1 Å². The van der Waals surface area contributed by atoms with Gasteiger partial charge in [-0.05, 0) is 19.4 Å². The third-order valence-corrected chi connectivity index (χ3v) is 2.47. The molecule has 1 N–H and O–H groups in total. The van der Waals surface area contributed by atoms with Gasteiger partial charge in [0.15, 0.2) is 0 Å². The van der Waals surface area contributed by atoms with E-state index in [1.54, 1.807) is 0 Å². The Hall–Kier alpha value is -1.40. The molecule has 1 aromatic rings. The van der Waals surface area contributed by atoms with Gasteiger partial charge in [-0.2, -0.15) is 0 Å². The van der Waals surface area contributed by atoms with Crippen molar-refractivity contribution >= 4 is 18.1 Å². The van der Waals surface area contributed by atoms with Crippen LogP contribution in [0, 0.1) is 10.1 Å². The Kier molecular flexibility index (Phi) is 5.11. The Morgan fingerprint density at radius 3 is 2.88 bits per heavy atom. The standard InChI is InChI=1S/C10H13N3O3.ClH/c14-13(15)8-3-4-10(12-6-8)16-9-2-1-5-11-7-9;/h3-4,6,9,11H,1-2,5,7H2;1H. The Bertz CT molecular complexity index is 366. The van der Waals surface area contributed by atoms with E-state index in [1.165, 1.54) is 18.3 Å². The summed E-state index contributed by atoms with van der Waals surface area (Å²) in [7, 11) is 0. The molecule has 1 aliphatic rings. The summed E-state index contributed by atoms with van der Waals surface area (Å²) in [5, 5.41) is 13.6. The molecule has 1 aromatic heterocycles. The van der Waals surface area contributed by atoms with Gasteiger partial charge in [-0.25, -0.2) is 4.98 Å². The van der Waals surface area contributed by atoms with Gasteiger partial charge >= 0.3 is 0 Å². The lowest BCUT2D eigenvalue weighted by atomic mass is 10.1. The maximum atomic E-state index is 10.4. The maximum Gasteiger partial charge on any atom is 0.287 e. The third kappa shape index (κ3) is 3.83. The minimum absolute atomic E-state index is 0. The first-order valence-electron chi connectivity index (χ1n) is 5.23. The molecule has 1 fully saturated rings. The second-order valence-corrected chi connectivity index (χ2v) is 3.70. The lowest BCUT2D eigenvalue weighted by molar-refractivity contribution is -0.385. The first kappa shape index (κ1) is 13.7. The van der Waals surface area contributed by atoms with E-state index in [0.717, 1.165) is 25.9 Å². The highest BCUT2D eigenvalue weighted by Crippen LogP contribution is 2.16. The Morgan fingerprint density at radius 2 is 2.35 bits per heavy atom. The molecule has 2 rings (SSSR count). The highest BCUT2D eigenvalue weighted by molar-refractivity contribution is 5.85. The zero-order chi connectivity index (χ0) is 11.4. The third-order valence-electron chi connectivity index (χ3n) is 2.47. The number of nitrogens with zero attached hydrogens (tertiary/aromatic N) is 2. The monoisotopic (exact) mass is 259 g/mol. The topological polar surface area (TPSA) is 77.3 Å². The SMILES string of the molecule is Cl.O=[N+]([O-])c1ccc(OC2CCCNC2)nc1. The minimum Gasteiger partial charge on any atom is -0.473 e. The number of nitrogens with one attached hydrogen (secondary N) is 1. The van der Waals surface area contributed by atoms with E-state index in [9.17, 15) is 10.1 Å². The fraction of sp³-hybridized carbons (Fsp3) is 0.500. The van der Waals surface area contributed by atoms with Crippen molar-refractivity contribution in [1.29, 1.82) is 0 Å². The lowest BCUT2D eigenvalue weighted by Crippen LogP contribution is -2.37. The molecular weight excluding hydrogens is 246 g/mol. The fourth-order valence-electron chi connectivity index (χ4n) is 1.64. The van der Waals surface area contributed by atoms with E-state index >= 15 is 0 Å². The lowest BCUT2D eigenvalue weighted by Gasteiger charge is -2.23. The molecule has 0 radical (unpaired) electrons. The summed E-state index contributed by atoms with van der Waals surface area (Å²) in [4.78, 5) is 13.8. The second-order valence-electron chi connectivity index (χ2n) is 3.70. The fourth-order valence-corrected chi connectivity index (χ4v) is 1.64. The number of aromatic nitrogens is 1. The van der Waals surface area contributed by atoms with Crippen LogP contribution in [0.15, 0.2) is 18.3 Å². The van der Waals surface area contributed by atoms with Gasteiger partial charge in [0.1, 0.15) is 12.3 Å². The Morgan fingerprint density at radius 1 is 1.53 bits per heavy atom. The number of pyridine rings is 1. The van der Waals surface area contributed by atoms with Gasteiger partial charge in [-0.1, -0.05) is 0 Å². The van der Waals surface area contributed by atoms with E-state index < -0.39 is 4.92 Å². The molecule has 0 aliphatic carbocycles. The molecule has 0 bridgehead atoms. The van der Waals surface area contributed by atoms with E-state index in [1.807, 2.05) is 0 Å². The predicted octanol–water partition coefficient (Wildman–Crippen LogP) is 1.54. The van der Waals surface area contributed by atoms with Gasteiger partial charge in [0, 0.05) is 18.7 Å². The summed E-state index contributed by atoms with van der Waals surface area (Å²) in [5.74, 6) is 0.444. The van der Waals surface area contributed by atoms with Crippen molar-refractivity contribution in [3.63, 3.8) is 0 Å². The molecule has 1 unspecified atom stereocenters. The van der Waals surface area contributed by atoms with E-state index in [4.69, 9.17) is 4.74 Å². The molecule has 7 heteroatoms. The molecule has 94 valence electrons. The Labute approximate surface area is 105 Å². The van der Waals surface area contributed by atoms with Gasteiger partial charge in [0.2, 0.25) is 5.88 Å². The van der Waals surface area contributed by atoms with Crippen LogP contribution in [-0.4, -0.2) is 29.1 Å². The average molecular weight is 260 g/mol. The minimum atomic E-state index is -0.473. The smallest absolute Gasteiger partial charge is 0.287 e. The normalized spacial score (nSPS) is 19.2. The van der Waals surface area contributed by atoms with E-state index in [0.29, 0.717) is 5.88 Å². The number of halogens is 1. The summed E-state index contributed by atoms with van der Waals surface area (Å²) < 4.78 is 5.59. The number of nitro groups is 1. The van der Waals surface area contributed by atoms with Crippen LogP contribution in [-0.2, 0) is 0 Å². The van der Waals surface area contributed by atoms with Crippen LogP contribution in [0.5, 0.6) is 5.88 Å². The average Bonchev–Trinajstić information content (AvgIpc) is 2.31. The number of ether oxygens (including phenoxy) is 1. The van der Waals surface area contributed by atoms with Gasteiger partial charge < -0.3 is 10.1 Å². The highest BCUT2D eigenvalue weighted by Gasteiger charge is 2.15. The zero-order valence-corrected chi connectivity index (χ0v) is 9.98. The van der Waals surface area contributed by atoms with Crippen LogP contribution in [0.3, 0.4) is 0 Å². The van der Waals surface area contributed by atoms with Crippen LogP contribution < -0.4 is 10.1 Å². The zero-order valence-electron chi connectivity index (χ0n) is 9.17. The van der Waals surface area contributed by atoms with Crippen molar-refractivity contribution in [3.8, 4) is 5.88 Å². The molecular formula is C10H14ClN3O3. The van der Waals surface area contributed by atoms with Crippen LogP contribution in [0.2, 0.25) is 0 Å². The van der Waals surface area contributed by atoms with Crippen molar-refractivity contribution < 1.29 is 9.66 Å². The summed E-state index contributed by atoms with van der Waals surface area (Å²) in [6, 6.07) is 2.94. The molecule has 1 saturated heterocycles. The maximum absolute atomic E-state index is 10.4. The highest BCUT2D eigenvalue weighted by atomic mass is 35.5. The molecule has 17 heavy (non-hydrogen) atoms. The van der Waals surface area contributed by atoms with Gasteiger partial charge in [-0.3, -0.25) is 10.1 Å². The van der Waals surface area contributed by atoms with Crippen LogP contribution in [0.4, 0.5) is 5.69 Å². The largest absolute Gasteiger partial charge is 0.473 e. The molecule has 0 aromatic carbocycles. The van der Waals surface area contributed by atoms with Crippen LogP contribution >= 0.6 is 12.4 Å². The number of rotatable bonds is 3. The number of hydrogen-bond acceptors (Lipinski definition) is 5. The molecule has 0 spiro atoms. The second kappa shape index (κ2) is 6.36. The van der Waals surface area contributed by atoms with E-state index in [2.05, 4.69) is 10.3 Å². The first-order chi connectivity index (χ1) is 7.75. The van der Waals surface area contributed by atoms with Gasteiger partial charge in [0.05, 0.1) is 4.92 Å². The van der Waals surface area contributed by atoms with Crippen LogP contribution in [0.1, 0.15) is 12.8 Å². The molecule has 1 aliphatic heterocycles. The molecule has 1 atom stereocenters. The number of piperidine rings is 1. The summed E-state index contributed by atoms with van der Waals surface area (Å²) in [6.45, 7) is 1.83. The first-order valence-corrected chi connectivity index (χ1v) is 5.23. The summed E-state index contributed by atoms with van der Waals surface area (Å²) in [5.41, 5.74) is -0.0193. The van der Waals surface area contributed by atoms with Crippen molar-refractivity contribution in [2.45, 2.75) is 18.9 Å². The van der Waals surface area contributed by atoms with E-state index in [-0.39, 0.29) is 24.2 Å². The molecule has 0 saturated carbocycles. The van der Waals surface area contributed by atoms with Gasteiger partial charge in [0.25, 0.3) is 5.69 Å².